The minimum Gasteiger partial charge on any atom is -0.326 e. The van der Waals surface area contributed by atoms with Crippen molar-refractivity contribution in [3.63, 3.8) is 0 Å². The van der Waals surface area contributed by atoms with Crippen molar-refractivity contribution in [2.45, 2.75) is 18.4 Å². The molecule has 0 aliphatic heterocycles. The molecular weight excluding hydrogens is 342 g/mol. The van der Waals surface area contributed by atoms with E-state index in [2.05, 4.69) is 25.6 Å². The number of aryl methyl sites for hydroxylation is 1. The predicted molar refractivity (Wildman–Crippen MR) is 81.8 cm³/mol. The van der Waals surface area contributed by atoms with Gasteiger partial charge in [-0.25, -0.2) is 8.42 Å². The van der Waals surface area contributed by atoms with Gasteiger partial charge in [0.15, 0.2) is 0 Å². The van der Waals surface area contributed by atoms with E-state index < -0.39 is 10.0 Å². The summed E-state index contributed by atoms with van der Waals surface area (Å²) in [6.07, 6.45) is 1.61. The molecule has 0 radical (unpaired) electrons. The van der Waals surface area contributed by atoms with Crippen molar-refractivity contribution < 1.29 is 8.42 Å². The molecule has 106 valence electrons. The Balaban J connectivity index is 2.39. The van der Waals surface area contributed by atoms with Gasteiger partial charge in [-0.3, -0.25) is 9.71 Å². The lowest BCUT2D eigenvalue weighted by atomic mass is 10.2. The molecule has 1 aromatic heterocycles. The van der Waals surface area contributed by atoms with Crippen molar-refractivity contribution in [1.29, 1.82) is 0 Å². The van der Waals surface area contributed by atoms with Crippen molar-refractivity contribution in [1.82, 2.24) is 4.98 Å². The van der Waals surface area contributed by atoms with Crippen LogP contribution < -0.4 is 10.5 Å². The first-order valence-corrected chi connectivity index (χ1v) is 8.14. The van der Waals surface area contributed by atoms with Gasteiger partial charge < -0.3 is 5.73 Å². The summed E-state index contributed by atoms with van der Waals surface area (Å²) < 4.78 is 27.8. The average molecular weight is 356 g/mol. The molecular formula is C13H14BrN3O2S. The zero-order valence-electron chi connectivity index (χ0n) is 10.8. The number of sulfonamides is 1. The quantitative estimate of drug-likeness (QED) is 0.881. The molecule has 0 fully saturated rings. The molecule has 2 rings (SSSR count). The third kappa shape index (κ3) is 3.17. The molecule has 0 bridgehead atoms. The van der Waals surface area contributed by atoms with Gasteiger partial charge in [0.2, 0.25) is 0 Å². The Kier molecular flexibility index (Phi) is 4.42. The number of rotatable bonds is 4. The number of nitrogens with zero attached hydrogens (tertiary/aromatic N) is 1. The smallest absolute Gasteiger partial charge is 0.263 e. The number of anilines is 1. The number of halogens is 1. The molecule has 0 amide bonds. The van der Waals surface area contributed by atoms with E-state index in [1.165, 1.54) is 6.07 Å². The number of pyridine rings is 1. The highest BCUT2D eigenvalue weighted by atomic mass is 79.9. The van der Waals surface area contributed by atoms with E-state index in [1.54, 1.807) is 37.4 Å². The highest BCUT2D eigenvalue weighted by molar-refractivity contribution is 9.10. The van der Waals surface area contributed by atoms with Gasteiger partial charge in [0, 0.05) is 17.2 Å². The summed E-state index contributed by atoms with van der Waals surface area (Å²) >= 11 is 3.27. The van der Waals surface area contributed by atoms with Crippen LogP contribution in [0.1, 0.15) is 11.3 Å². The molecule has 1 aromatic carbocycles. The summed E-state index contributed by atoms with van der Waals surface area (Å²) in [7, 11) is -3.67. The monoisotopic (exact) mass is 355 g/mol. The molecule has 20 heavy (non-hydrogen) atoms. The maximum absolute atomic E-state index is 12.4. The fourth-order valence-corrected chi connectivity index (χ4v) is 3.92. The second kappa shape index (κ2) is 5.90. The SMILES string of the molecule is Cc1ncccc1NS(=O)(=O)c1ccc(CN)cc1Br. The van der Waals surface area contributed by atoms with Crippen LogP contribution >= 0.6 is 15.9 Å². The van der Waals surface area contributed by atoms with Gasteiger partial charge in [-0.05, 0) is 52.7 Å². The Hall–Kier alpha value is -1.44. The molecule has 0 aliphatic carbocycles. The first-order valence-electron chi connectivity index (χ1n) is 5.87. The van der Waals surface area contributed by atoms with Crippen LogP contribution in [0.2, 0.25) is 0 Å². The zero-order chi connectivity index (χ0) is 14.8. The van der Waals surface area contributed by atoms with Crippen LogP contribution in [0.25, 0.3) is 0 Å². The molecule has 0 saturated carbocycles. The van der Waals surface area contributed by atoms with Gasteiger partial charge in [-0.2, -0.15) is 0 Å². The molecule has 7 heteroatoms. The first kappa shape index (κ1) is 15.0. The van der Waals surface area contributed by atoms with Crippen molar-refractivity contribution in [3.05, 3.63) is 52.3 Å². The highest BCUT2D eigenvalue weighted by Gasteiger charge is 2.18. The van der Waals surface area contributed by atoms with E-state index in [1.807, 2.05) is 0 Å². The van der Waals surface area contributed by atoms with E-state index in [-0.39, 0.29) is 4.90 Å². The van der Waals surface area contributed by atoms with Gasteiger partial charge in [0.05, 0.1) is 11.4 Å². The van der Waals surface area contributed by atoms with Crippen LogP contribution in [0.5, 0.6) is 0 Å². The maximum Gasteiger partial charge on any atom is 0.263 e. The standard InChI is InChI=1S/C13H14BrN3O2S/c1-9-12(3-2-6-16-9)17-20(18,19)13-5-4-10(8-15)7-11(13)14/h2-7,17H,8,15H2,1H3. The van der Waals surface area contributed by atoms with Crippen molar-refractivity contribution in [2.75, 3.05) is 4.72 Å². The van der Waals surface area contributed by atoms with Crippen LogP contribution in [0.4, 0.5) is 5.69 Å². The van der Waals surface area contributed by atoms with E-state index >= 15 is 0 Å². The second-order valence-electron chi connectivity index (χ2n) is 4.21. The molecule has 0 spiro atoms. The number of aromatic nitrogens is 1. The Morgan fingerprint density at radius 2 is 2.10 bits per heavy atom. The van der Waals surface area contributed by atoms with Crippen LogP contribution in [0, 0.1) is 6.92 Å². The lowest BCUT2D eigenvalue weighted by molar-refractivity contribution is 0.600. The Labute approximate surface area is 126 Å². The lowest BCUT2D eigenvalue weighted by Crippen LogP contribution is -2.15. The lowest BCUT2D eigenvalue weighted by Gasteiger charge is -2.11. The minimum absolute atomic E-state index is 0.165. The Morgan fingerprint density at radius 1 is 1.35 bits per heavy atom. The normalized spacial score (nSPS) is 11.3. The van der Waals surface area contributed by atoms with Crippen molar-refractivity contribution >= 4 is 31.6 Å². The Bertz CT molecular complexity index is 732. The molecule has 2 aromatic rings. The summed E-state index contributed by atoms with van der Waals surface area (Å²) in [6.45, 7) is 2.10. The third-order valence-corrected chi connectivity index (χ3v) is 5.11. The first-order chi connectivity index (χ1) is 9.44. The molecule has 0 saturated heterocycles. The summed E-state index contributed by atoms with van der Waals surface area (Å²) in [5.74, 6) is 0. The average Bonchev–Trinajstić information content (AvgIpc) is 2.40. The van der Waals surface area contributed by atoms with Crippen molar-refractivity contribution in [2.24, 2.45) is 5.73 Å². The molecule has 5 nitrogen and oxygen atoms in total. The topological polar surface area (TPSA) is 85.1 Å². The highest BCUT2D eigenvalue weighted by Crippen LogP contribution is 2.25. The summed E-state index contributed by atoms with van der Waals surface area (Å²) in [5.41, 5.74) is 7.46. The Morgan fingerprint density at radius 3 is 2.70 bits per heavy atom. The van der Waals surface area contributed by atoms with E-state index in [0.717, 1.165) is 5.56 Å². The van der Waals surface area contributed by atoms with E-state index in [9.17, 15) is 8.42 Å². The second-order valence-corrected chi connectivity index (χ2v) is 6.72. The number of nitrogens with two attached hydrogens (primary N) is 1. The number of benzene rings is 1. The molecule has 0 atom stereocenters. The largest absolute Gasteiger partial charge is 0.326 e. The molecule has 3 N–H and O–H groups in total. The summed E-state index contributed by atoms with van der Waals surface area (Å²) in [5, 5.41) is 0. The van der Waals surface area contributed by atoms with Crippen molar-refractivity contribution in [3.8, 4) is 0 Å². The van der Waals surface area contributed by atoms with E-state index in [0.29, 0.717) is 22.4 Å². The van der Waals surface area contributed by atoms with Gasteiger partial charge in [0.1, 0.15) is 4.90 Å². The maximum atomic E-state index is 12.4. The fourth-order valence-electron chi connectivity index (χ4n) is 1.68. The summed E-state index contributed by atoms with van der Waals surface area (Å²) in [4.78, 5) is 4.22. The van der Waals surface area contributed by atoms with Gasteiger partial charge in [-0.15, -0.1) is 0 Å². The number of hydrogen-bond donors (Lipinski definition) is 2. The predicted octanol–water partition coefficient (Wildman–Crippen LogP) is 2.41. The number of hydrogen-bond acceptors (Lipinski definition) is 4. The minimum atomic E-state index is -3.67. The number of nitrogens with one attached hydrogen (secondary N) is 1. The van der Waals surface area contributed by atoms with Crippen LogP contribution in [0.15, 0.2) is 45.9 Å². The molecule has 0 aliphatic rings. The van der Waals surface area contributed by atoms with E-state index in [4.69, 9.17) is 5.73 Å². The summed E-state index contributed by atoms with van der Waals surface area (Å²) in [6, 6.07) is 8.26. The zero-order valence-corrected chi connectivity index (χ0v) is 13.2. The third-order valence-electron chi connectivity index (χ3n) is 2.77. The van der Waals surface area contributed by atoms with Crippen LogP contribution in [-0.2, 0) is 16.6 Å². The fraction of sp³-hybridized carbons (Fsp3) is 0.154. The van der Waals surface area contributed by atoms with Crippen LogP contribution in [0.3, 0.4) is 0 Å². The molecule has 0 unspecified atom stereocenters. The van der Waals surface area contributed by atoms with Crippen LogP contribution in [-0.4, -0.2) is 13.4 Å². The van der Waals surface area contributed by atoms with Gasteiger partial charge >= 0.3 is 0 Å². The van der Waals surface area contributed by atoms with Gasteiger partial charge in [0.25, 0.3) is 10.0 Å². The molecule has 1 heterocycles. The van der Waals surface area contributed by atoms with Gasteiger partial charge in [-0.1, -0.05) is 6.07 Å².